The van der Waals surface area contributed by atoms with Crippen LogP contribution in [0.5, 0.6) is 0 Å². The Morgan fingerprint density at radius 3 is 2.94 bits per heavy atom. The van der Waals surface area contributed by atoms with E-state index in [9.17, 15) is 4.79 Å². The molecule has 0 radical (unpaired) electrons. The Kier molecular flexibility index (Phi) is 4.37. The number of nitrogens with zero attached hydrogens (tertiary/aromatic N) is 1. The highest BCUT2D eigenvalue weighted by Gasteiger charge is 2.38. The molecule has 2 unspecified atom stereocenters. The maximum absolute atomic E-state index is 12.1. The number of amides is 1. The minimum Gasteiger partial charge on any atom is -0.383 e. The number of carbonyl (C=O) groups is 1. The van der Waals surface area contributed by atoms with Crippen LogP contribution in [0.15, 0.2) is 17.5 Å². The second-order valence-electron chi connectivity index (χ2n) is 4.87. The molecule has 4 nitrogen and oxygen atoms in total. The molecule has 1 N–H and O–H groups in total. The van der Waals surface area contributed by atoms with Gasteiger partial charge in [-0.15, -0.1) is 11.3 Å². The number of methoxy groups -OCH3 is 1. The molecule has 1 amide bonds. The normalized spacial score (nSPS) is 21.9. The summed E-state index contributed by atoms with van der Waals surface area (Å²) >= 11 is 1.68. The lowest BCUT2D eigenvalue weighted by Gasteiger charge is -2.34. The predicted molar refractivity (Wildman–Crippen MR) is 72.4 cm³/mol. The van der Waals surface area contributed by atoms with Gasteiger partial charge in [0.15, 0.2) is 0 Å². The summed E-state index contributed by atoms with van der Waals surface area (Å²) in [6.07, 6.45) is 0.0000463. The van der Waals surface area contributed by atoms with Crippen LogP contribution >= 0.6 is 11.3 Å². The average molecular weight is 268 g/mol. The van der Waals surface area contributed by atoms with Gasteiger partial charge in [-0.25, -0.2) is 0 Å². The van der Waals surface area contributed by atoms with Gasteiger partial charge in [-0.1, -0.05) is 19.9 Å². The average Bonchev–Trinajstić information content (AvgIpc) is 2.95. The van der Waals surface area contributed by atoms with Gasteiger partial charge in [0.1, 0.15) is 6.17 Å². The first-order chi connectivity index (χ1) is 8.65. The van der Waals surface area contributed by atoms with Crippen molar-refractivity contribution in [3.8, 4) is 0 Å². The van der Waals surface area contributed by atoms with E-state index in [2.05, 4.69) is 25.2 Å². The zero-order valence-corrected chi connectivity index (χ0v) is 11.9. The van der Waals surface area contributed by atoms with E-state index in [0.717, 1.165) is 0 Å². The number of hydrogen-bond donors (Lipinski definition) is 1. The maximum atomic E-state index is 12.1. The fraction of sp³-hybridized carbons (Fsp3) is 0.615. The molecule has 2 heterocycles. The van der Waals surface area contributed by atoms with Crippen molar-refractivity contribution in [1.29, 1.82) is 0 Å². The third-order valence-electron chi connectivity index (χ3n) is 3.29. The molecule has 18 heavy (non-hydrogen) atoms. The molecule has 0 saturated carbocycles. The van der Waals surface area contributed by atoms with Crippen LogP contribution in [0.3, 0.4) is 0 Å². The highest BCUT2D eigenvalue weighted by Crippen LogP contribution is 2.30. The molecule has 0 spiro atoms. The first kappa shape index (κ1) is 13.5. The van der Waals surface area contributed by atoms with E-state index >= 15 is 0 Å². The molecule has 1 saturated heterocycles. The van der Waals surface area contributed by atoms with E-state index in [0.29, 0.717) is 19.1 Å². The Morgan fingerprint density at radius 1 is 1.61 bits per heavy atom. The lowest BCUT2D eigenvalue weighted by atomic mass is 10.0. The SMILES string of the molecule is COCC(C(C)C)N1C(=O)CNC1c1cccs1. The summed E-state index contributed by atoms with van der Waals surface area (Å²) in [6.45, 7) is 5.24. The van der Waals surface area contributed by atoms with Crippen LogP contribution in [0.1, 0.15) is 24.9 Å². The number of ether oxygens (including phenoxy) is 1. The van der Waals surface area contributed by atoms with E-state index in [1.165, 1.54) is 4.88 Å². The van der Waals surface area contributed by atoms with Crippen LogP contribution in [-0.2, 0) is 9.53 Å². The Bertz CT molecular complexity index is 392. The van der Waals surface area contributed by atoms with E-state index in [1.807, 2.05) is 16.3 Å². The monoisotopic (exact) mass is 268 g/mol. The van der Waals surface area contributed by atoms with Gasteiger partial charge in [0.2, 0.25) is 5.91 Å². The van der Waals surface area contributed by atoms with Crippen LogP contribution in [0.25, 0.3) is 0 Å². The lowest BCUT2D eigenvalue weighted by Crippen LogP contribution is -2.45. The van der Waals surface area contributed by atoms with Gasteiger partial charge < -0.3 is 9.64 Å². The molecule has 1 aromatic heterocycles. The molecule has 5 heteroatoms. The second kappa shape index (κ2) is 5.82. The predicted octanol–water partition coefficient (Wildman–Crippen LogP) is 1.85. The first-order valence-corrected chi connectivity index (χ1v) is 7.10. The number of hydrogen-bond acceptors (Lipinski definition) is 4. The Balaban J connectivity index is 2.23. The van der Waals surface area contributed by atoms with Crippen molar-refractivity contribution in [2.45, 2.75) is 26.1 Å². The number of thiophene rings is 1. The summed E-state index contributed by atoms with van der Waals surface area (Å²) in [5.41, 5.74) is 0. The third kappa shape index (κ3) is 2.58. The molecule has 2 rings (SSSR count). The molecule has 1 fully saturated rings. The maximum Gasteiger partial charge on any atom is 0.238 e. The quantitative estimate of drug-likeness (QED) is 0.886. The van der Waals surface area contributed by atoms with Crippen molar-refractivity contribution in [3.05, 3.63) is 22.4 Å². The smallest absolute Gasteiger partial charge is 0.238 e. The van der Waals surface area contributed by atoms with Gasteiger partial charge in [-0.05, 0) is 17.4 Å². The van der Waals surface area contributed by atoms with E-state index in [1.54, 1.807) is 18.4 Å². The summed E-state index contributed by atoms with van der Waals surface area (Å²) in [4.78, 5) is 15.2. The van der Waals surface area contributed by atoms with Gasteiger partial charge in [0, 0.05) is 12.0 Å². The van der Waals surface area contributed by atoms with Gasteiger partial charge >= 0.3 is 0 Å². The minimum atomic E-state index is 0.0000463. The van der Waals surface area contributed by atoms with Crippen LogP contribution in [0.2, 0.25) is 0 Å². The zero-order chi connectivity index (χ0) is 13.1. The third-order valence-corrected chi connectivity index (χ3v) is 4.21. The lowest BCUT2D eigenvalue weighted by molar-refractivity contribution is -0.132. The molecule has 1 aromatic rings. The zero-order valence-electron chi connectivity index (χ0n) is 11.1. The molecular formula is C13H20N2O2S. The van der Waals surface area contributed by atoms with E-state index in [4.69, 9.17) is 4.74 Å². The minimum absolute atomic E-state index is 0.0000463. The number of rotatable bonds is 5. The fourth-order valence-electron chi connectivity index (χ4n) is 2.34. The van der Waals surface area contributed by atoms with Crippen molar-refractivity contribution < 1.29 is 9.53 Å². The number of nitrogens with one attached hydrogen (secondary N) is 1. The molecule has 0 aromatic carbocycles. The van der Waals surface area contributed by atoms with Crippen LogP contribution < -0.4 is 5.32 Å². The summed E-state index contributed by atoms with van der Waals surface area (Å²) in [6, 6.07) is 4.20. The van der Waals surface area contributed by atoms with Crippen LogP contribution in [-0.4, -0.2) is 37.1 Å². The van der Waals surface area contributed by atoms with Gasteiger partial charge in [-0.3, -0.25) is 10.1 Å². The summed E-state index contributed by atoms with van der Waals surface area (Å²) in [5, 5.41) is 5.32. The molecular weight excluding hydrogens is 248 g/mol. The van der Waals surface area contributed by atoms with Gasteiger partial charge in [0.05, 0.1) is 19.2 Å². The van der Waals surface area contributed by atoms with Crippen molar-refractivity contribution in [3.63, 3.8) is 0 Å². The first-order valence-electron chi connectivity index (χ1n) is 6.22. The Morgan fingerprint density at radius 2 is 2.39 bits per heavy atom. The number of carbonyl (C=O) groups excluding carboxylic acids is 1. The summed E-state index contributed by atoms with van der Waals surface area (Å²) < 4.78 is 5.27. The molecule has 0 aliphatic carbocycles. The van der Waals surface area contributed by atoms with Crippen LogP contribution in [0, 0.1) is 5.92 Å². The molecule has 100 valence electrons. The molecule has 1 aliphatic heterocycles. The highest BCUT2D eigenvalue weighted by molar-refractivity contribution is 7.10. The second-order valence-corrected chi connectivity index (χ2v) is 5.85. The van der Waals surface area contributed by atoms with Gasteiger partial charge in [0.25, 0.3) is 0 Å². The Hall–Kier alpha value is -0.910. The van der Waals surface area contributed by atoms with Crippen molar-refractivity contribution in [2.75, 3.05) is 20.3 Å². The fourth-order valence-corrected chi connectivity index (χ4v) is 3.14. The molecule has 0 bridgehead atoms. The summed E-state index contributed by atoms with van der Waals surface area (Å²) in [5.74, 6) is 0.528. The van der Waals surface area contributed by atoms with E-state index in [-0.39, 0.29) is 18.1 Å². The van der Waals surface area contributed by atoms with Crippen molar-refractivity contribution >= 4 is 17.2 Å². The topological polar surface area (TPSA) is 41.6 Å². The van der Waals surface area contributed by atoms with Crippen LogP contribution in [0.4, 0.5) is 0 Å². The Labute approximate surface area is 112 Å². The van der Waals surface area contributed by atoms with Crippen molar-refractivity contribution in [2.24, 2.45) is 5.92 Å². The summed E-state index contributed by atoms with van der Waals surface area (Å²) in [7, 11) is 1.68. The molecule has 1 aliphatic rings. The van der Waals surface area contributed by atoms with Crippen molar-refractivity contribution in [1.82, 2.24) is 10.2 Å². The molecule has 2 atom stereocenters. The van der Waals surface area contributed by atoms with Gasteiger partial charge in [-0.2, -0.15) is 0 Å². The standard InChI is InChI=1S/C13H20N2O2S/c1-9(2)10(8-17-3)15-12(16)7-14-13(15)11-5-4-6-18-11/h4-6,9-10,13-14H,7-8H2,1-3H3. The largest absolute Gasteiger partial charge is 0.383 e. The van der Waals surface area contributed by atoms with E-state index < -0.39 is 0 Å². The highest BCUT2D eigenvalue weighted by atomic mass is 32.1.